The molecule has 1 saturated heterocycles. The number of carbonyl (C=O) groups excluding carboxylic acids is 1. The van der Waals surface area contributed by atoms with Crippen LogP contribution in [0.4, 0.5) is 0 Å². The number of carbonyl (C=O) groups is 1. The van der Waals surface area contributed by atoms with Gasteiger partial charge in [0.25, 0.3) is 0 Å². The van der Waals surface area contributed by atoms with Gasteiger partial charge in [0.05, 0.1) is 0 Å². The monoisotopic (exact) mass is 318 g/mol. The van der Waals surface area contributed by atoms with E-state index < -0.39 is 0 Å². The fourth-order valence-corrected chi connectivity index (χ4v) is 3.09. The zero-order valence-corrected chi connectivity index (χ0v) is 14.3. The van der Waals surface area contributed by atoms with E-state index >= 15 is 0 Å². The molecule has 1 fully saturated rings. The molecule has 1 heterocycles. The molecule has 0 spiro atoms. The number of hydrogen-bond acceptors (Lipinski definition) is 3. The van der Waals surface area contributed by atoms with Gasteiger partial charge < -0.3 is 15.0 Å². The molecule has 1 aromatic carbocycles. The van der Waals surface area contributed by atoms with E-state index in [1.54, 1.807) is 7.11 Å². The van der Waals surface area contributed by atoms with Crippen molar-refractivity contribution in [1.82, 2.24) is 10.2 Å². The second kappa shape index (κ2) is 10.4. The minimum atomic E-state index is 0.290. The third-order valence-corrected chi connectivity index (χ3v) is 4.52. The largest absolute Gasteiger partial charge is 0.385 e. The van der Waals surface area contributed by atoms with E-state index in [0.29, 0.717) is 12.3 Å². The van der Waals surface area contributed by atoms with Crippen molar-refractivity contribution < 1.29 is 9.53 Å². The van der Waals surface area contributed by atoms with Gasteiger partial charge in [-0.15, -0.1) is 0 Å². The number of ether oxygens (including phenoxy) is 1. The minimum absolute atomic E-state index is 0.290. The Bertz CT molecular complexity index is 444. The van der Waals surface area contributed by atoms with Gasteiger partial charge in [-0.2, -0.15) is 0 Å². The van der Waals surface area contributed by atoms with Crippen LogP contribution in [0.2, 0.25) is 0 Å². The number of hydrogen-bond donors (Lipinski definition) is 1. The van der Waals surface area contributed by atoms with Crippen LogP contribution in [0.15, 0.2) is 30.3 Å². The predicted octanol–water partition coefficient (Wildman–Crippen LogP) is 2.83. The van der Waals surface area contributed by atoms with Gasteiger partial charge in [-0.25, -0.2) is 0 Å². The zero-order valence-electron chi connectivity index (χ0n) is 14.3. The molecule has 1 aliphatic rings. The maximum atomic E-state index is 12.6. The summed E-state index contributed by atoms with van der Waals surface area (Å²) in [6.45, 7) is 4.47. The molecule has 1 aliphatic heterocycles. The molecule has 1 unspecified atom stereocenters. The second-order valence-electron chi connectivity index (χ2n) is 6.40. The Balaban J connectivity index is 1.84. The molecular weight excluding hydrogens is 288 g/mol. The Labute approximate surface area is 140 Å². The lowest BCUT2D eigenvalue weighted by atomic mass is 10.0. The molecule has 0 saturated carbocycles. The van der Waals surface area contributed by atoms with Crippen molar-refractivity contribution >= 4 is 5.91 Å². The van der Waals surface area contributed by atoms with Gasteiger partial charge in [-0.3, -0.25) is 4.79 Å². The molecule has 4 nitrogen and oxygen atoms in total. The Kier molecular flexibility index (Phi) is 8.12. The summed E-state index contributed by atoms with van der Waals surface area (Å²) in [6.07, 6.45) is 4.89. The van der Waals surface area contributed by atoms with Crippen molar-refractivity contribution in [2.45, 2.75) is 38.6 Å². The number of unbranched alkanes of at least 4 members (excludes halogenated alkanes) is 1. The summed E-state index contributed by atoms with van der Waals surface area (Å²) in [5.74, 6) is 0.962. The van der Waals surface area contributed by atoms with E-state index in [1.165, 1.54) is 12.0 Å². The summed E-state index contributed by atoms with van der Waals surface area (Å²) in [4.78, 5) is 14.7. The molecule has 1 atom stereocenters. The van der Waals surface area contributed by atoms with E-state index in [9.17, 15) is 4.79 Å². The van der Waals surface area contributed by atoms with Gasteiger partial charge in [-0.05, 0) is 50.3 Å². The van der Waals surface area contributed by atoms with Crippen molar-refractivity contribution in [1.29, 1.82) is 0 Å². The third kappa shape index (κ3) is 6.71. The molecule has 2 rings (SSSR count). The standard InChI is InChI=1S/C19H30N2O2/c1-23-14-6-5-13-21(16-18-7-3-2-4-8-18)19(22)10-9-17-11-12-20-15-17/h2-4,7-8,17,20H,5-6,9-16H2,1H3. The summed E-state index contributed by atoms with van der Waals surface area (Å²) in [5.41, 5.74) is 1.20. The van der Waals surface area contributed by atoms with Crippen LogP contribution in [0.5, 0.6) is 0 Å². The normalized spacial score (nSPS) is 17.3. The molecule has 1 amide bonds. The quantitative estimate of drug-likeness (QED) is 0.675. The average Bonchev–Trinajstić information content (AvgIpc) is 3.10. The smallest absolute Gasteiger partial charge is 0.222 e. The first kappa shape index (κ1) is 18.0. The number of methoxy groups -OCH3 is 1. The highest BCUT2D eigenvalue weighted by atomic mass is 16.5. The number of benzene rings is 1. The van der Waals surface area contributed by atoms with Crippen molar-refractivity contribution in [3.63, 3.8) is 0 Å². The van der Waals surface area contributed by atoms with E-state index in [-0.39, 0.29) is 5.91 Å². The molecule has 1 aromatic rings. The summed E-state index contributed by atoms with van der Waals surface area (Å²) in [5, 5.41) is 3.37. The molecule has 1 N–H and O–H groups in total. The summed E-state index contributed by atoms with van der Waals surface area (Å²) < 4.78 is 5.11. The highest BCUT2D eigenvalue weighted by molar-refractivity contribution is 5.76. The van der Waals surface area contributed by atoms with Crippen LogP contribution >= 0.6 is 0 Å². The number of nitrogens with zero attached hydrogens (tertiary/aromatic N) is 1. The second-order valence-corrected chi connectivity index (χ2v) is 6.40. The molecule has 0 aromatic heterocycles. The lowest BCUT2D eigenvalue weighted by Crippen LogP contribution is -2.32. The van der Waals surface area contributed by atoms with E-state index in [2.05, 4.69) is 17.4 Å². The fourth-order valence-electron chi connectivity index (χ4n) is 3.09. The Morgan fingerprint density at radius 3 is 2.83 bits per heavy atom. The molecule has 0 aliphatic carbocycles. The first-order valence-corrected chi connectivity index (χ1v) is 8.81. The van der Waals surface area contributed by atoms with Crippen LogP contribution in [0.3, 0.4) is 0 Å². The van der Waals surface area contributed by atoms with Crippen molar-refractivity contribution in [2.24, 2.45) is 5.92 Å². The van der Waals surface area contributed by atoms with E-state index in [1.807, 2.05) is 23.1 Å². The van der Waals surface area contributed by atoms with Crippen molar-refractivity contribution in [3.05, 3.63) is 35.9 Å². The SMILES string of the molecule is COCCCCN(Cc1ccccc1)C(=O)CCC1CCNC1. The van der Waals surface area contributed by atoms with Crippen LogP contribution in [-0.2, 0) is 16.1 Å². The number of nitrogens with one attached hydrogen (secondary N) is 1. The van der Waals surface area contributed by atoms with Crippen molar-refractivity contribution in [2.75, 3.05) is 33.4 Å². The number of rotatable bonds is 10. The molecule has 4 heteroatoms. The van der Waals surface area contributed by atoms with Gasteiger partial charge in [0.1, 0.15) is 0 Å². The Morgan fingerprint density at radius 1 is 1.30 bits per heavy atom. The summed E-state index contributed by atoms with van der Waals surface area (Å²) in [7, 11) is 1.72. The Morgan fingerprint density at radius 2 is 2.13 bits per heavy atom. The van der Waals surface area contributed by atoms with Crippen LogP contribution in [0.25, 0.3) is 0 Å². The molecule has 128 valence electrons. The lowest BCUT2D eigenvalue weighted by molar-refractivity contribution is -0.132. The highest BCUT2D eigenvalue weighted by Gasteiger charge is 2.19. The van der Waals surface area contributed by atoms with Gasteiger partial charge in [0.2, 0.25) is 5.91 Å². The van der Waals surface area contributed by atoms with Gasteiger partial charge >= 0.3 is 0 Å². The fraction of sp³-hybridized carbons (Fsp3) is 0.632. The van der Waals surface area contributed by atoms with Crippen LogP contribution in [0.1, 0.15) is 37.7 Å². The molecular formula is C19H30N2O2. The van der Waals surface area contributed by atoms with Crippen molar-refractivity contribution in [3.8, 4) is 0 Å². The van der Waals surface area contributed by atoms with Gasteiger partial charge in [0, 0.05) is 33.2 Å². The Hall–Kier alpha value is -1.39. The lowest BCUT2D eigenvalue weighted by Gasteiger charge is -2.23. The van der Waals surface area contributed by atoms with E-state index in [0.717, 1.165) is 52.0 Å². The maximum Gasteiger partial charge on any atom is 0.222 e. The summed E-state index contributed by atoms with van der Waals surface area (Å²) >= 11 is 0. The molecule has 23 heavy (non-hydrogen) atoms. The van der Waals surface area contributed by atoms with Crippen LogP contribution in [-0.4, -0.2) is 44.2 Å². The zero-order chi connectivity index (χ0) is 16.3. The third-order valence-electron chi connectivity index (χ3n) is 4.52. The molecule has 0 radical (unpaired) electrons. The highest BCUT2D eigenvalue weighted by Crippen LogP contribution is 2.16. The topological polar surface area (TPSA) is 41.6 Å². The van der Waals surface area contributed by atoms with Gasteiger partial charge in [0.15, 0.2) is 0 Å². The minimum Gasteiger partial charge on any atom is -0.385 e. The van der Waals surface area contributed by atoms with Crippen LogP contribution in [0, 0.1) is 5.92 Å². The van der Waals surface area contributed by atoms with Crippen LogP contribution < -0.4 is 5.32 Å². The van der Waals surface area contributed by atoms with Gasteiger partial charge in [-0.1, -0.05) is 30.3 Å². The summed E-state index contributed by atoms with van der Waals surface area (Å²) in [6, 6.07) is 10.3. The average molecular weight is 318 g/mol. The number of amides is 1. The first-order chi connectivity index (χ1) is 11.3. The molecule has 0 bridgehead atoms. The maximum absolute atomic E-state index is 12.6. The van der Waals surface area contributed by atoms with E-state index in [4.69, 9.17) is 4.74 Å². The predicted molar refractivity (Wildman–Crippen MR) is 93.2 cm³/mol. The first-order valence-electron chi connectivity index (χ1n) is 8.81.